The molecule has 9 heteroatoms. The fourth-order valence-corrected chi connectivity index (χ4v) is 5.65. The van der Waals surface area contributed by atoms with Crippen molar-refractivity contribution in [1.82, 2.24) is 8.87 Å². The van der Waals surface area contributed by atoms with E-state index in [-0.39, 0.29) is 29.6 Å². The number of amides is 1. The predicted octanol–water partition coefficient (Wildman–Crippen LogP) is 3.11. The first-order chi connectivity index (χ1) is 14.8. The molecule has 2 heterocycles. The minimum absolute atomic E-state index is 0.0532. The molecule has 1 amide bonds. The lowest BCUT2D eigenvalue weighted by atomic mass is 10.2. The molecule has 1 saturated carbocycles. The maximum Gasteiger partial charge on any atom is 0.257 e. The van der Waals surface area contributed by atoms with Crippen LogP contribution in [-0.4, -0.2) is 56.1 Å². The maximum absolute atomic E-state index is 13.2. The lowest BCUT2D eigenvalue weighted by Crippen LogP contribution is -2.40. The molecule has 2 fully saturated rings. The molecule has 0 bridgehead atoms. The van der Waals surface area contributed by atoms with Crippen LogP contribution < -0.4 is 10.1 Å². The number of hydrogen-bond acceptors (Lipinski definition) is 5. The van der Waals surface area contributed by atoms with Crippen LogP contribution in [0.25, 0.3) is 0 Å². The van der Waals surface area contributed by atoms with E-state index in [2.05, 4.69) is 9.88 Å². The van der Waals surface area contributed by atoms with Gasteiger partial charge >= 0.3 is 0 Å². The van der Waals surface area contributed by atoms with E-state index in [1.165, 1.54) is 10.4 Å². The summed E-state index contributed by atoms with van der Waals surface area (Å²) in [7, 11) is -3.78. The number of morpholine rings is 1. The van der Waals surface area contributed by atoms with Gasteiger partial charge in [0.15, 0.2) is 0 Å². The summed E-state index contributed by atoms with van der Waals surface area (Å²) in [6.45, 7) is 7.39. The number of anilines is 1. The minimum Gasteiger partial charge on any atom is -0.492 e. The summed E-state index contributed by atoms with van der Waals surface area (Å²) in [6, 6.07) is 7.12. The first-order valence-corrected chi connectivity index (χ1v) is 12.1. The Morgan fingerprint density at radius 1 is 1.19 bits per heavy atom. The van der Waals surface area contributed by atoms with E-state index in [1.807, 2.05) is 19.9 Å². The number of carbonyl (C=O) groups is 1. The molecule has 0 atom stereocenters. The van der Waals surface area contributed by atoms with Crippen LogP contribution >= 0.6 is 0 Å². The molecule has 4 rings (SSSR count). The summed E-state index contributed by atoms with van der Waals surface area (Å²) < 4.78 is 41.0. The summed E-state index contributed by atoms with van der Waals surface area (Å²) in [4.78, 5) is 13.0. The van der Waals surface area contributed by atoms with Gasteiger partial charge in [-0.25, -0.2) is 8.42 Å². The molecule has 0 radical (unpaired) electrons. The zero-order valence-corrected chi connectivity index (χ0v) is 19.0. The van der Waals surface area contributed by atoms with Crippen LogP contribution in [0.15, 0.2) is 29.2 Å². The first kappa shape index (κ1) is 21.9. The van der Waals surface area contributed by atoms with E-state index in [0.717, 1.165) is 24.2 Å². The van der Waals surface area contributed by atoms with Crippen LogP contribution in [0.5, 0.6) is 5.75 Å². The van der Waals surface area contributed by atoms with Crippen LogP contribution in [0.3, 0.4) is 0 Å². The molecule has 8 nitrogen and oxygen atoms in total. The normalized spacial score (nSPS) is 17.5. The monoisotopic (exact) mass is 447 g/mol. The van der Waals surface area contributed by atoms with E-state index >= 15 is 0 Å². The molecule has 1 saturated heterocycles. The van der Waals surface area contributed by atoms with Crippen molar-refractivity contribution < 1.29 is 22.7 Å². The lowest BCUT2D eigenvalue weighted by Gasteiger charge is -2.27. The predicted molar refractivity (Wildman–Crippen MR) is 117 cm³/mol. The Morgan fingerprint density at radius 3 is 2.55 bits per heavy atom. The van der Waals surface area contributed by atoms with Gasteiger partial charge in [0.1, 0.15) is 10.6 Å². The molecule has 1 aromatic heterocycles. The molecule has 1 aliphatic carbocycles. The number of nitrogens with one attached hydrogen (secondary N) is 1. The standard InChI is InChI=1S/C22H29N3O5S/c1-4-30-20-8-5-17(14-21(20)31(27,28)24-9-11-29-12-10-24)23-22(26)19-13-15(2)25(16(19)3)18-6-7-18/h5,8,13-14,18H,4,6-7,9-12H2,1-3H3,(H,23,26). The van der Waals surface area contributed by atoms with Gasteiger partial charge in [-0.1, -0.05) is 0 Å². The fourth-order valence-electron chi connectivity index (χ4n) is 4.09. The Hall–Kier alpha value is -2.36. The number of benzene rings is 1. The van der Waals surface area contributed by atoms with Gasteiger partial charge < -0.3 is 19.4 Å². The SMILES string of the molecule is CCOc1ccc(NC(=O)c2cc(C)n(C3CC3)c2C)cc1S(=O)(=O)N1CCOCC1. The lowest BCUT2D eigenvalue weighted by molar-refractivity contribution is 0.0729. The van der Waals surface area contributed by atoms with Crippen LogP contribution in [-0.2, 0) is 14.8 Å². The Kier molecular flexibility index (Phi) is 6.09. The van der Waals surface area contributed by atoms with Crippen molar-refractivity contribution in [3.05, 3.63) is 41.2 Å². The number of carbonyl (C=O) groups excluding carboxylic acids is 1. The highest BCUT2D eigenvalue weighted by molar-refractivity contribution is 7.89. The highest BCUT2D eigenvalue weighted by Gasteiger charge is 2.31. The van der Waals surface area contributed by atoms with Crippen molar-refractivity contribution >= 4 is 21.6 Å². The molecule has 1 aromatic carbocycles. The minimum atomic E-state index is -3.78. The van der Waals surface area contributed by atoms with Crippen molar-refractivity contribution in [3.63, 3.8) is 0 Å². The van der Waals surface area contributed by atoms with Gasteiger partial charge in [-0.3, -0.25) is 4.79 Å². The largest absolute Gasteiger partial charge is 0.492 e. The fraction of sp³-hybridized carbons (Fsp3) is 0.500. The van der Waals surface area contributed by atoms with Gasteiger partial charge in [0.05, 0.1) is 25.4 Å². The number of nitrogens with zero attached hydrogens (tertiary/aromatic N) is 2. The van der Waals surface area contributed by atoms with Crippen LogP contribution in [0, 0.1) is 13.8 Å². The van der Waals surface area contributed by atoms with Crippen LogP contribution in [0.1, 0.15) is 47.6 Å². The summed E-state index contributed by atoms with van der Waals surface area (Å²) >= 11 is 0. The summed E-state index contributed by atoms with van der Waals surface area (Å²) in [6.07, 6.45) is 2.28. The Bertz CT molecular complexity index is 1080. The second-order valence-corrected chi connectivity index (χ2v) is 9.86. The van der Waals surface area contributed by atoms with Crippen LogP contribution in [0.2, 0.25) is 0 Å². The summed E-state index contributed by atoms with van der Waals surface area (Å²) in [5, 5.41) is 2.87. The van der Waals surface area contributed by atoms with E-state index in [1.54, 1.807) is 19.1 Å². The molecule has 0 unspecified atom stereocenters. The molecule has 2 aromatic rings. The Labute approximate surface area is 183 Å². The third-order valence-electron chi connectivity index (χ3n) is 5.73. The van der Waals surface area contributed by atoms with Crippen molar-refractivity contribution in [1.29, 1.82) is 0 Å². The number of rotatable bonds is 7. The number of hydrogen-bond donors (Lipinski definition) is 1. The second kappa shape index (κ2) is 8.64. The van der Waals surface area contributed by atoms with Gasteiger partial charge in [0, 0.05) is 36.2 Å². The third kappa shape index (κ3) is 4.35. The summed E-state index contributed by atoms with van der Waals surface area (Å²) in [5.74, 6) is 0.0257. The number of sulfonamides is 1. The molecule has 1 aliphatic heterocycles. The topological polar surface area (TPSA) is 89.9 Å². The van der Waals surface area contributed by atoms with Gasteiger partial charge in [-0.15, -0.1) is 0 Å². The van der Waals surface area contributed by atoms with Gasteiger partial charge in [0.2, 0.25) is 10.0 Å². The Morgan fingerprint density at radius 2 is 1.90 bits per heavy atom. The van der Waals surface area contributed by atoms with E-state index < -0.39 is 10.0 Å². The van der Waals surface area contributed by atoms with E-state index in [0.29, 0.717) is 37.1 Å². The van der Waals surface area contributed by atoms with Crippen molar-refractivity contribution in [2.45, 2.75) is 44.6 Å². The summed E-state index contributed by atoms with van der Waals surface area (Å²) in [5.41, 5.74) is 3.02. The maximum atomic E-state index is 13.2. The number of aryl methyl sites for hydroxylation is 1. The molecule has 0 spiro atoms. The molecule has 1 N–H and O–H groups in total. The first-order valence-electron chi connectivity index (χ1n) is 10.7. The Balaban J connectivity index is 1.63. The van der Waals surface area contributed by atoms with Crippen LogP contribution in [0.4, 0.5) is 5.69 Å². The highest BCUT2D eigenvalue weighted by atomic mass is 32.2. The number of ether oxygens (including phenoxy) is 2. The molecule has 31 heavy (non-hydrogen) atoms. The van der Waals surface area contributed by atoms with Gasteiger partial charge in [0.25, 0.3) is 5.91 Å². The molecule has 168 valence electrons. The second-order valence-electron chi connectivity index (χ2n) is 7.95. The average molecular weight is 448 g/mol. The third-order valence-corrected chi connectivity index (χ3v) is 7.65. The van der Waals surface area contributed by atoms with Crippen molar-refractivity contribution in [3.8, 4) is 5.75 Å². The smallest absolute Gasteiger partial charge is 0.257 e. The van der Waals surface area contributed by atoms with E-state index in [9.17, 15) is 13.2 Å². The average Bonchev–Trinajstić information content (AvgIpc) is 3.54. The van der Waals surface area contributed by atoms with Crippen molar-refractivity contribution in [2.24, 2.45) is 0 Å². The van der Waals surface area contributed by atoms with Gasteiger partial charge in [-0.05, 0) is 57.9 Å². The highest BCUT2D eigenvalue weighted by Crippen LogP contribution is 2.38. The number of aromatic nitrogens is 1. The van der Waals surface area contributed by atoms with Crippen molar-refractivity contribution in [2.75, 3.05) is 38.2 Å². The molecular weight excluding hydrogens is 418 g/mol. The molecular formula is C22H29N3O5S. The van der Waals surface area contributed by atoms with Gasteiger partial charge in [-0.2, -0.15) is 4.31 Å². The quantitative estimate of drug-likeness (QED) is 0.704. The molecule has 2 aliphatic rings. The zero-order valence-electron chi connectivity index (χ0n) is 18.2. The zero-order chi connectivity index (χ0) is 22.2. The van der Waals surface area contributed by atoms with E-state index in [4.69, 9.17) is 9.47 Å².